The van der Waals surface area contributed by atoms with Crippen LogP contribution >= 0.6 is 0 Å². The number of aromatic hydroxyl groups is 1. The molecule has 0 fully saturated rings. The van der Waals surface area contributed by atoms with E-state index in [1.165, 1.54) is 16.3 Å². The van der Waals surface area contributed by atoms with Gasteiger partial charge in [0, 0.05) is 18.1 Å². The van der Waals surface area contributed by atoms with Gasteiger partial charge in [-0.15, -0.1) is 0 Å². The van der Waals surface area contributed by atoms with Gasteiger partial charge >= 0.3 is 0 Å². The monoisotopic (exact) mass is 343 g/mol. The van der Waals surface area contributed by atoms with Gasteiger partial charge in [0.25, 0.3) is 0 Å². The topological polar surface area (TPSA) is 34.4 Å². The van der Waals surface area contributed by atoms with Gasteiger partial charge in [-0.2, -0.15) is 0 Å². The molecule has 0 aliphatic heterocycles. The molecule has 0 bridgehead atoms. The minimum absolute atomic E-state index is 0.280. The first-order valence-electron chi connectivity index (χ1n) is 8.78. The molecule has 1 aromatic heterocycles. The molecule has 0 atom stereocenters. The maximum atomic E-state index is 10.3. The quantitative estimate of drug-likeness (QED) is 0.482. The fourth-order valence-electron chi connectivity index (χ4n) is 3.44. The maximum Gasteiger partial charge on any atom is 0.141 e. The predicted octanol–water partition coefficient (Wildman–Crippen LogP) is 5.31. The zero-order chi connectivity index (χ0) is 17.9. The molecule has 0 unspecified atom stereocenters. The summed E-state index contributed by atoms with van der Waals surface area (Å²) in [4.78, 5) is 0. The second kappa shape index (κ2) is 6.96. The van der Waals surface area contributed by atoms with Gasteiger partial charge in [-0.05, 0) is 41.0 Å². The molecular formula is C23H21NO2. The normalized spacial score (nSPS) is 11.1. The molecule has 0 amide bonds. The number of benzene rings is 3. The molecule has 0 saturated carbocycles. The molecular weight excluding hydrogens is 322 g/mol. The molecule has 130 valence electrons. The molecule has 26 heavy (non-hydrogen) atoms. The van der Waals surface area contributed by atoms with Gasteiger partial charge < -0.3 is 14.4 Å². The van der Waals surface area contributed by atoms with Crippen LogP contribution in [-0.4, -0.2) is 16.3 Å². The van der Waals surface area contributed by atoms with Crippen molar-refractivity contribution in [1.82, 2.24) is 4.57 Å². The van der Waals surface area contributed by atoms with Gasteiger partial charge in [0.05, 0.1) is 5.52 Å². The highest BCUT2D eigenvalue weighted by molar-refractivity contribution is 5.88. The number of hydrogen-bond acceptors (Lipinski definition) is 2. The Kier molecular flexibility index (Phi) is 4.36. The number of rotatable bonds is 6. The molecule has 3 nitrogen and oxygen atoms in total. The van der Waals surface area contributed by atoms with Crippen molar-refractivity contribution in [3.05, 3.63) is 85.1 Å². The predicted molar refractivity (Wildman–Crippen MR) is 107 cm³/mol. The Bertz CT molecular complexity index is 1070. The summed E-state index contributed by atoms with van der Waals surface area (Å²) in [5, 5.41) is 13.7. The summed E-state index contributed by atoms with van der Waals surface area (Å²) < 4.78 is 7.67. The standard InChI is InChI=1S/C23H21NO2/c1-2-14-26-19-10-11-22-21(15-19)23(25)16-24(22)13-12-18-8-5-7-17-6-3-4-9-20(17)18/h2-11,15-16,25H,1,12-14H2. The number of nitrogens with zero attached hydrogens (tertiary/aromatic N) is 1. The summed E-state index contributed by atoms with van der Waals surface area (Å²) in [5.74, 6) is 1.02. The summed E-state index contributed by atoms with van der Waals surface area (Å²) in [5.41, 5.74) is 2.32. The van der Waals surface area contributed by atoms with Crippen LogP contribution in [0.2, 0.25) is 0 Å². The van der Waals surface area contributed by atoms with E-state index in [1.807, 2.05) is 18.2 Å². The van der Waals surface area contributed by atoms with Gasteiger partial charge in [-0.25, -0.2) is 0 Å². The van der Waals surface area contributed by atoms with Crippen LogP contribution in [-0.2, 0) is 13.0 Å². The van der Waals surface area contributed by atoms with Crippen LogP contribution in [0, 0.1) is 0 Å². The molecule has 0 aliphatic rings. The van der Waals surface area contributed by atoms with Crippen molar-refractivity contribution in [2.45, 2.75) is 13.0 Å². The van der Waals surface area contributed by atoms with E-state index in [1.54, 1.807) is 12.3 Å². The first kappa shape index (κ1) is 16.3. The molecule has 0 spiro atoms. The average molecular weight is 343 g/mol. The van der Waals surface area contributed by atoms with Crippen molar-refractivity contribution >= 4 is 21.7 Å². The summed E-state index contributed by atoms with van der Waals surface area (Å²) in [7, 11) is 0. The van der Waals surface area contributed by atoms with E-state index in [9.17, 15) is 5.11 Å². The molecule has 1 heterocycles. The largest absolute Gasteiger partial charge is 0.506 e. The van der Waals surface area contributed by atoms with Gasteiger partial charge in [0.2, 0.25) is 0 Å². The van der Waals surface area contributed by atoms with Crippen LogP contribution in [0.1, 0.15) is 5.56 Å². The maximum absolute atomic E-state index is 10.3. The summed E-state index contributed by atoms with van der Waals surface area (Å²) in [6.45, 7) is 4.91. The average Bonchev–Trinajstić information content (AvgIpc) is 3.00. The van der Waals surface area contributed by atoms with Crippen molar-refractivity contribution in [3.8, 4) is 11.5 Å². The fraction of sp³-hybridized carbons (Fsp3) is 0.130. The second-order valence-corrected chi connectivity index (χ2v) is 6.37. The van der Waals surface area contributed by atoms with E-state index in [2.05, 4.69) is 53.6 Å². The Morgan fingerprint density at radius 3 is 2.73 bits per heavy atom. The smallest absolute Gasteiger partial charge is 0.141 e. The number of ether oxygens (including phenoxy) is 1. The van der Waals surface area contributed by atoms with Crippen LogP contribution in [0.25, 0.3) is 21.7 Å². The van der Waals surface area contributed by atoms with Crippen molar-refractivity contribution in [2.24, 2.45) is 0 Å². The molecule has 1 N–H and O–H groups in total. The Balaban J connectivity index is 1.62. The Morgan fingerprint density at radius 1 is 1.00 bits per heavy atom. The zero-order valence-corrected chi connectivity index (χ0v) is 14.6. The first-order chi connectivity index (χ1) is 12.8. The zero-order valence-electron chi connectivity index (χ0n) is 14.6. The molecule has 0 saturated heterocycles. The number of fused-ring (bicyclic) bond motifs is 2. The fourth-order valence-corrected chi connectivity index (χ4v) is 3.44. The molecule has 0 aliphatic carbocycles. The molecule has 3 aromatic carbocycles. The van der Waals surface area contributed by atoms with E-state index in [0.29, 0.717) is 6.61 Å². The van der Waals surface area contributed by atoms with Crippen LogP contribution in [0.4, 0.5) is 0 Å². The van der Waals surface area contributed by atoms with E-state index in [4.69, 9.17) is 4.74 Å². The highest BCUT2D eigenvalue weighted by Crippen LogP contribution is 2.31. The number of aromatic nitrogens is 1. The lowest BCUT2D eigenvalue weighted by Crippen LogP contribution is -2.00. The van der Waals surface area contributed by atoms with Crippen molar-refractivity contribution < 1.29 is 9.84 Å². The van der Waals surface area contributed by atoms with Gasteiger partial charge in [-0.1, -0.05) is 55.1 Å². The molecule has 0 radical (unpaired) electrons. The third-order valence-electron chi connectivity index (χ3n) is 4.70. The van der Waals surface area contributed by atoms with Crippen LogP contribution in [0.5, 0.6) is 11.5 Å². The molecule has 4 rings (SSSR count). The van der Waals surface area contributed by atoms with E-state index < -0.39 is 0 Å². The van der Waals surface area contributed by atoms with Crippen LogP contribution in [0.3, 0.4) is 0 Å². The minimum Gasteiger partial charge on any atom is -0.506 e. The van der Waals surface area contributed by atoms with Crippen molar-refractivity contribution in [3.63, 3.8) is 0 Å². The lowest BCUT2D eigenvalue weighted by atomic mass is 10.0. The van der Waals surface area contributed by atoms with E-state index in [0.717, 1.165) is 29.6 Å². The van der Waals surface area contributed by atoms with Crippen LogP contribution in [0.15, 0.2) is 79.5 Å². The van der Waals surface area contributed by atoms with Gasteiger partial charge in [-0.3, -0.25) is 0 Å². The third kappa shape index (κ3) is 3.04. The van der Waals surface area contributed by atoms with Gasteiger partial charge in [0.15, 0.2) is 0 Å². The SMILES string of the molecule is C=CCOc1ccc2c(c1)c(O)cn2CCc1cccc2ccccc12. The lowest BCUT2D eigenvalue weighted by Gasteiger charge is -2.09. The Hall–Kier alpha value is -3.20. The Labute approximate surface area is 152 Å². The van der Waals surface area contributed by atoms with Crippen molar-refractivity contribution in [2.75, 3.05) is 6.61 Å². The number of aryl methyl sites for hydroxylation is 2. The van der Waals surface area contributed by atoms with Crippen LogP contribution < -0.4 is 4.74 Å². The highest BCUT2D eigenvalue weighted by atomic mass is 16.5. The second-order valence-electron chi connectivity index (χ2n) is 6.37. The molecule has 3 heteroatoms. The first-order valence-corrected chi connectivity index (χ1v) is 8.78. The summed E-state index contributed by atoms with van der Waals surface area (Å²) >= 11 is 0. The summed E-state index contributed by atoms with van der Waals surface area (Å²) in [6.07, 6.45) is 4.41. The molecule has 4 aromatic rings. The third-order valence-corrected chi connectivity index (χ3v) is 4.70. The highest BCUT2D eigenvalue weighted by Gasteiger charge is 2.10. The van der Waals surface area contributed by atoms with E-state index >= 15 is 0 Å². The number of hydrogen-bond donors (Lipinski definition) is 1. The minimum atomic E-state index is 0.280. The Morgan fingerprint density at radius 2 is 1.85 bits per heavy atom. The van der Waals surface area contributed by atoms with E-state index in [-0.39, 0.29) is 5.75 Å². The van der Waals surface area contributed by atoms with Crippen molar-refractivity contribution in [1.29, 1.82) is 0 Å². The summed E-state index contributed by atoms with van der Waals surface area (Å²) in [6, 6.07) is 20.7. The van der Waals surface area contributed by atoms with Gasteiger partial charge in [0.1, 0.15) is 18.1 Å². The lowest BCUT2D eigenvalue weighted by molar-refractivity contribution is 0.363.